The van der Waals surface area contributed by atoms with E-state index in [9.17, 15) is 4.39 Å². The second-order valence-corrected chi connectivity index (χ2v) is 6.29. The largest absolute Gasteiger partial charge is 0.383 e. The van der Waals surface area contributed by atoms with Crippen molar-refractivity contribution in [2.75, 3.05) is 5.73 Å². The highest BCUT2D eigenvalue weighted by Crippen LogP contribution is 2.29. The van der Waals surface area contributed by atoms with Gasteiger partial charge in [0.2, 0.25) is 0 Å². The summed E-state index contributed by atoms with van der Waals surface area (Å²) in [4.78, 5) is 12.7. The second kappa shape index (κ2) is 4.99. The van der Waals surface area contributed by atoms with Crippen LogP contribution in [0.3, 0.4) is 0 Å². The summed E-state index contributed by atoms with van der Waals surface area (Å²) >= 11 is 2.14. The first-order valence-corrected chi connectivity index (χ1v) is 6.82. The molecule has 0 aliphatic rings. The van der Waals surface area contributed by atoms with Gasteiger partial charge in [0.15, 0.2) is 5.82 Å². The zero-order chi connectivity index (χ0) is 14.2. The zero-order valence-corrected chi connectivity index (χ0v) is 13.1. The molecule has 0 aliphatic heterocycles. The maximum Gasteiger partial charge on any atom is 0.180 e. The highest BCUT2D eigenvalue weighted by atomic mass is 127. The van der Waals surface area contributed by atoms with Gasteiger partial charge in [0.05, 0.1) is 15.5 Å². The Hall–Kier alpha value is -1.31. The Morgan fingerprint density at radius 1 is 1.21 bits per heavy atom. The van der Waals surface area contributed by atoms with Crippen molar-refractivity contribution in [3.63, 3.8) is 0 Å². The highest BCUT2D eigenvalue weighted by molar-refractivity contribution is 14.1. The van der Waals surface area contributed by atoms with E-state index in [0.29, 0.717) is 17.3 Å². The standard InChI is InChI=1S/C13H14FIN4/c1-13(2,3)10-9(15)11(16)19-12(18-10)8-5-4-7(14)6-17-8/h4-6H,1-3H3,(H2,16,18,19). The first-order valence-electron chi connectivity index (χ1n) is 5.74. The fourth-order valence-electron chi connectivity index (χ4n) is 1.58. The molecule has 2 aromatic heterocycles. The van der Waals surface area contributed by atoms with Crippen molar-refractivity contribution >= 4 is 28.4 Å². The molecule has 0 radical (unpaired) electrons. The average molecular weight is 372 g/mol. The molecule has 0 atom stereocenters. The zero-order valence-electron chi connectivity index (χ0n) is 10.9. The molecular weight excluding hydrogens is 358 g/mol. The Morgan fingerprint density at radius 2 is 1.89 bits per heavy atom. The van der Waals surface area contributed by atoms with Crippen LogP contribution in [0.15, 0.2) is 18.3 Å². The molecule has 2 aromatic rings. The predicted molar refractivity (Wildman–Crippen MR) is 81.1 cm³/mol. The normalized spacial score (nSPS) is 11.6. The molecular formula is C13H14FIN4. The second-order valence-electron chi connectivity index (χ2n) is 5.21. The molecule has 2 N–H and O–H groups in total. The van der Waals surface area contributed by atoms with Crippen molar-refractivity contribution in [2.45, 2.75) is 26.2 Å². The number of nitrogens with zero attached hydrogens (tertiary/aromatic N) is 3. The summed E-state index contributed by atoms with van der Waals surface area (Å²) in [5.41, 5.74) is 7.15. The lowest BCUT2D eigenvalue weighted by Gasteiger charge is -2.20. The monoisotopic (exact) mass is 372 g/mol. The Morgan fingerprint density at radius 3 is 2.42 bits per heavy atom. The molecule has 100 valence electrons. The van der Waals surface area contributed by atoms with Crippen LogP contribution in [0.5, 0.6) is 0 Å². The number of nitrogens with two attached hydrogens (primary N) is 1. The number of nitrogen functional groups attached to an aromatic ring is 1. The van der Waals surface area contributed by atoms with Crippen molar-refractivity contribution in [1.82, 2.24) is 15.0 Å². The van der Waals surface area contributed by atoms with Crippen LogP contribution in [0.4, 0.5) is 10.2 Å². The van der Waals surface area contributed by atoms with E-state index in [4.69, 9.17) is 5.73 Å². The third-order valence-electron chi connectivity index (χ3n) is 2.54. The average Bonchev–Trinajstić information content (AvgIpc) is 2.32. The highest BCUT2D eigenvalue weighted by Gasteiger charge is 2.22. The van der Waals surface area contributed by atoms with Gasteiger partial charge in [0, 0.05) is 5.41 Å². The number of pyridine rings is 1. The number of halogens is 2. The first kappa shape index (κ1) is 14.1. The van der Waals surface area contributed by atoms with Gasteiger partial charge in [-0.1, -0.05) is 20.8 Å². The summed E-state index contributed by atoms with van der Waals surface area (Å²) < 4.78 is 13.7. The van der Waals surface area contributed by atoms with Crippen molar-refractivity contribution in [3.05, 3.63) is 33.4 Å². The number of hydrogen-bond donors (Lipinski definition) is 1. The first-order chi connectivity index (χ1) is 8.79. The third-order valence-corrected chi connectivity index (χ3v) is 3.61. The molecule has 0 bridgehead atoms. The van der Waals surface area contributed by atoms with E-state index in [0.717, 1.165) is 15.5 Å². The lowest BCUT2D eigenvalue weighted by Crippen LogP contribution is -2.18. The predicted octanol–water partition coefficient (Wildman–Crippen LogP) is 3.16. The minimum atomic E-state index is -0.390. The molecule has 0 unspecified atom stereocenters. The quantitative estimate of drug-likeness (QED) is 0.782. The minimum absolute atomic E-state index is 0.150. The molecule has 0 aliphatic carbocycles. The molecule has 0 fully saturated rings. The lowest BCUT2D eigenvalue weighted by atomic mass is 9.92. The maximum absolute atomic E-state index is 12.9. The van der Waals surface area contributed by atoms with Crippen LogP contribution in [0, 0.1) is 9.39 Å². The Balaban J connectivity index is 2.60. The van der Waals surface area contributed by atoms with Gasteiger partial charge in [0.1, 0.15) is 17.3 Å². The van der Waals surface area contributed by atoms with Crippen LogP contribution in [0.25, 0.3) is 11.5 Å². The molecule has 6 heteroatoms. The van der Waals surface area contributed by atoms with Crippen LogP contribution < -0.4 is 5.73 Å². The fraction of sp³-hybridized carbons (Fsp3) is 0.308. The van der Waals surface area contributed by atoms with Gasteiger partial charge in [-0.25, -0.2) is 19.3 Å². The van der Waals surface area contributed by atoms with E-state index in [1.54, 1.807) is 6.07 Å². The minimum Gasteiger partial charge on any atom is -0.383 e. The SMILES string of the molecule is CC(C)(C)c1nc(-c2ccc(F)cn2)nc(N)c1I. The van der Waals surface area contributed by atoms with Gasteiger partial charge in [-0.05, 0) is 34.7 Å². The summed E-state index contributed by atoms with van der Waals surface area (Å²) in [5, 5.41) is 0. The van der Waals surface area contributed by atoms with E-state index in [2.05, 4.69) is 58.3 Å². The van der Waals surface area contributed by atoms with Crippen molar-refractivity contribution in [1.29, 1.82) is 0 Å². The maximum atomic E-state index is 12.9. The third kappa shape index (κ3) is 2.99. The Labute approximate surface area is 124 Å². The Bertz CT molecular complexity index is 605. The van der Waals surface area contributed by atoms with Gasteiger partial charge in [0.25, 0.3) is 0 Å². The molecule has 4 nitrogen and oxygen atoms in total. The molecule has 2 heterocycles. The topological polar surface area (TPSA) is 64.7 Å². The smallest absolute Gasteiger partial charge is 0.180 e. The molecule has 0 saturated heterocycles. The van der Waals surface area contributed by atoms with Crippen LogP contribution in [0.1, 0.15) is 26.5 Å². The van der Waals surface area contributed by atoms with Crippen LogP contribution in [0.2, 0.25) is 0 Å². The van der Waals surface area contributed by atoms with Gasteiger partial charge in [-0.2, -0.15) is 0 Å². The van der Waals surface area contributed by atoms with Gasteiger partial charge < -0.3 is 5.73 Å². The molecule has 0 aromatic carbocycles. The fourth-order valence-corrected chi connectivity index (χ4v) is 2.63. The molecule has 0 amide bonds. The van der Waals surface area contributed by atoms with E-state index >= 15 is 0 Å². The van der Waals surface area contributed by atoms with E-state index in [-0.39, 0.29) is 5.41 Å². The van der Waals surface area contributed by atoms with Gasteiger partial charge in [-0.3, -0.25) is 0 Å². The lowest BCUT2D eigenvalue weighted by molar-refractivity contribution is 0.564. The molecule has 19 heavy (non-hydrogen) atoms. The van der Waals surface area contributed by atoms with Gasteiger partial charge >= 0.3 is 0 Å². The van der Waals surface area contributed by atoms with E-state index < -0.39 is 5.82 Å². The number of rotatable bonds is 1. The molecule has 2 rings (SSSR count). The van der Waals surface area contributed by atoms with Crippen LogP contribution in [-0.2, 0) is 5.41 Å². The number of hydrogen-bond acceptors (Lipinski definition) is 4. The van der Waals surface area contributed by atoms with Gasteiger partial charge in [-0.15, -0.1) is 0 Å². The van der Waals surface area contributed by atoms with Crippen molar-refractivity contribution in [2.24, 2.45) is 0 Å². The van der Waals surface area contributed by atoms with Crippen molar-refractivity contribution < 1.29 is 4.39 Å². The number of aromatic nitrogens is 3. The summed E-state index contributed by atoms with van der Waals surface area (Å²) in [5.74, 6) is 0.447. The van der Waals surface area contributed by atoms with Crippen LogP contribution >= 0.6 is 22.6 Å². The molecule has 0 saturated carbocycles. The summed E-state index contributed by atoms with van der Waals surface area (Å²) in [6.07, 6.45) is 1.14. The summed E-state index contributed by atoms with van der Waals surface area (Å²) in [6.45, 7) is 6.16. The van der Waals surface area contributed by atoms with E-state index in [1.165, 1.54) is 6.07 Å². The summed E-state index contributed by atoms with van der Waals surface area (Å²) in [7, 11) is 0. The number of anilines is 1. The van der Waals surface area contributed by atoms with Crippen LogP contribution in [-0.4, -0.2) is 15.0 Å². The summed E-state index contributed by atoms with van der Waals surface area (Å²) in [6, 6.07) is 2.88. The van der Waals surface area contributed by atoms with Crippen molar-refractivity contribution in [3.8, 4) is 11.5 Å². The Kier molecular flexibility index (Phi) is 3.71. The van der Waals surface area contributed by atoms with E-state index in [1.807, 2.05) is 0 Å². The molecule has 0 spiro atoms.